The summed E-state index contributed by atoms with van der Waals surface area (Å²) in [4.78, 5) is 4.38. The van der Waals surface area contributed by atoms with Crippen LogP contribution in [-0.4, -0.2) is 14.1 Å². The Hall–Kier alpha value is -5.60. The monoisotopic (exact) mass is 642 g/mol. The van der Waals surface area contributed by atoms with Crippen LogP contribution in [0.3, 0.4) is 0 Å². The molecule has 49 heavy (non-hydrogen) atoms. The number of hydrogen-bond acceptors (Lipinski definition) is 2. The first-order valence-electron chi connectivity index (χ1n) is 17.0. The molecule has 0 heterocycles. The number of nitrogens with zero attached hydrogens (tertiary/aromatic N) is 2. The highest BCUT2D eigenvalue weighted by atomic mass is 15.1. The summed E-state index contributed by atoms with van der Waals surface area (Å²) < 4.78 is 0. The van der Waals surface area contributed by atoms with E-state index in [1.54, 1.807) is 6.08 Å². The Kier molecular flexibility index (Phi) is 14.3. The second-order valence-electron chi connectivity index (χ2n) is 12.2. The van der Waals surface area contributed by atoms with Gasteiger partial charge in [0.05, 0.1) is 0 Å². The van der Waals surface area contributed by atoms with E-state index < -0.39 is 0 Å². The maximum absolute atomic E-state index is 4.24. The summed E-state index contributed by atoms with van der Waals surface area (Å²) in [6.07, 6.45) is 24.2. The molecule has 248 valence electrons. The minimum absolute atomic E-state index is 0.899. The predicted molar refractivity (Wildman–Crippen MR) is 217 cm³/mol. The molecule has 0 atom stereocenters. The molecule has 0 saturated heterocycles. The van der Waals surface area contributed by atoms with E-state index in [-0.39, 0.29) is 0 Å². The van der Waals surface area contributed by atoms with Crippen LogP contribution >= 0.6 is 0 Å². The maximum atomic E-state index is 4.24. The van der Waals surface area contributed by atoms with Gasteiger partial charge < -0.3 is 9.80 Å². The fourth-order valence-corrected chi connectivity index (χ4v) is 5.58. The van der Waals surface area contributed by atoms with E-state index in [1.165, 1.54) is 33.5 Å². The first-order chi connectivity index (χ1) is 23.9. The van der Waals surface area contributed by atoms with Crippen LogP contribution in [-0.2, 0) is 0 Å². The lowest BCUT2D eigenvalue weighted by Crippen LogP contribution is -2.18. The first kappa shape index (κ1) is 36.2. The van der Waals surface area contributed by atoms with Crippen LogP contribution in [0.15, 0.2) is 206 Å². The lowest BCUT2D eigenvalue weighted by Gasteiger charge is -2.26. The normalized spacial score (nSPS) is 13.1. The van der Waals surface area contributed by atoms with Crippen molar-refractivity contribution in [3.8, 4) is 22.3 Å². The lowest BCUT2D eigenvalue weighted by atomic mass is 10.0. The molecule has 0 radical (unpaired) electrons. The summed E-state index contributed by atoms with van der Waals surface area (Å²) in [5.41, 5.74) is 12.0. The Morgan fingerprint density at radius 2 is 1.24 bits per heavy atom. The Balaban J connectivity index is 0.000000299. The van der Waals surface area contributed by atoms with Gasteiger partial charge in [-0.15, -0.1) is 0 Å². The van der Waals surface area contributed by atoms with Crippen molar-refractivity contribution in [3.63, 3.8) is 0 Å². The summed E-state index contributed by atoms with van der Waals surface area (Å²) in [7, 11) is 4.12. The molecular weight excluding hydrogens is 593 g/mol. The lowest BCUT2D eigenvalue weighted by molar-refractivity contribution is 0.996. The molecule has 2 heteroatoms. The smallest absolute Gasteiger partial charge is 0.0455 e. The zero-order chi connectivity index (χ0) is 34.8. The molecule has 0 bridgehead atoms. The second-order valence-corrected chi connectivity index (χ2v) is 12.2. The molecule has 4 aromatic carbocycles. The molecule has 1 aliphatic rings. The summed E-state index contributed by atoms with van der Waals surface area (Å²) >= 11 is 0. The van der Waals surface area contributed by atoms with Gasteiger partial charge in [0.1, 0.15) is 0 Å². The van der Waals surface area contributed by atoms with Gasteiger partial charge in [-0.05, 0) is 97.4 Å². The standard InChI is InChI=1S/C33H35N.C14H15N/c1-5-6-9-16-28(3)34(33-24-22-32(23-25-33)31-20-12-8-13-21-31)29(4)17-14-15-27(2)26-30-18-10-7-11-19-30;1-15(2)14-10-6-9-13(11-14)12-7-4-3-5-8-12/h5-6,8-10,12-25H,1-2,7,11,26H2,3-4H3;3-11H,1-2H3/b9-6-,15-14-,28-16+,29-17+;. The van der Waals surface area contributed by atoms with Gasteiger partial charge in [0.25, 0.3) is 0 Å². The highest BCUT2D eigenvalue weighted by Crippen LogP contribution is 2.28. The number of allylic oxidation sites excluding steroid dienone is 14. The summed E-state index contributed by atoms with van der Waals surface area (Å²) in [6.45, 7) is 12.3. The Labute approximate surface area is 295 Å². The van der Waals surface area contributed by atoms with Gasteiger partial charge in [-0.25, -0.2) is 0 Å². The Morgan fingerprint density at radius 1 is 0.653 bits per heavy atom. The van der Waals surface area contributed by atoms with E-state index in [4.69, 9.17) is 0 Å². The third-order valence-corrected chi connectivity index (χ3v) is 8.16. The van der Waals surface area contributed by atoms with Crippen molar-refractivity contribution in [2.24, 2.45) is 0 Å². The Morgan fingerprint density at radius 3 is 1.84 bits per heavy atom. The van der Waals surface area contributed by atoms with Gasteiger partial charge >= 0.3 is 0 Å². The number of hydrogen-bond donors (Lipinski definition) is 0. The fraction of sp³-hybridized carbons (Fsp3) is 0.149. The number of benzene rings is 4. The highest BCUT2D eigenvalue weighted by Gasteiger charge is 2.11. The molecule has 4 aromatic rings. The molecule has 0 amide bonds. The van der Waals surface area contributed by atoms with E-state index >= 15 is 0 Å². The molecule has 0 aliphatic heterocycles. The zero-order valence-corrected chi connectivity index (χ0v) is 29.6. The zero-order valence-electron chi connectivity index (χ0n) is 29.6. The van der Waals surface area contributed by atoms with Crippen molar-refractivity contribution in [3.05, 3.63) is 206 Å². The van der Waals surface area contributed by atoms with E-state index in [2.05, 4.69) is 190 Å². The van der Waals surface area contributed by atoms with E-state index in [0.29, 0.717) is 0 Å². The summed E-state index contributed by atoms with van der Waals surface area (Å²) in [5.74, 6) is 0. The molecule has 0 fully saturated rings. The van der Waals surface area contributed by atoms with Crippen LogP contribution in [0, 0.1) is 0 Å². The van der Waals surface area contributed by atoms with Gasteiger partial charge in [0.15, 0.2) is 0 Å². The van der Waals surface area contributed by atoms with E-state index in [1.807, 2.05) is 24.3 Å². The van der Waals surface area contributed by atoms with Crippen molar-refractivity contribution in [1.82, 2.24) is 0 Å². The maximum Gasteiger partial charge on any atom is 0.0455 e. The van der Waals surface area contributed by atoms with Crippen molar-refractivity contribution in [1.29, 1.82) is 0 Å². The molecular formula is C47H50N2. The molecule has 0 spiro atoms. The van der Waals surface area contributed by atoms with Crippen molar-refractivity contribution < 1.29 is 0 Å². The highest BCUT2D eigenvalue weighted by molar-refractivity contribution is 5.69. The molecule has 0 N–H and O–H groups in total. The quantitative estimate of drug-likeness (QED) is 0.142. The SMILES string of the molecule is C=C/C=C\C=C(/C)N(/C(C)=C/C=C\C(=C)CC1=CCCC=C1)c1ccc(-c2ccccc2)cc1.CN(C)c1cccc(-c2ccccc2)c1. The van der Waals surface area contributed by atoms with E-state index in [0.717, 1.165) is 41.9 Å². The van der Waals surface area contributed by atoms with Gasteiger partial charge in [-0.3, -0.25) is 0 Å². The number of anilines is 2. The van der Waals surface area contributed by atoms with Crippen LogP contribution in [0.5, 0.6) is 0 Å². The molecule has 0 unspecified atom stereocenters. The summed E-state index contributed by atoms with van der Waals surface area (Å²) in [6, 6.07) is 38.2. The Bertz CT molecular complexity index is 1830. The van der Waals surface area contributed by atoms with Gasteiger partial charge in [-0.1, -0.05) is 152 Å². The van der Waals surface area contributed by atoms with Crippen LogP contribution in [0.1, 0.15) is 33.1 Å². The molecule has 0 aromatic heterocycles. The minimum Gasteiger partial charge on any atom is -0.378 e. The molecule has 2 nitrogen and oxygen atoms in total. The van der Waals surface area contributed by atoms with E-state index in [9.17, 15) is 0 Å². The second kappa shape index (κ2) is 19.3. The molecule has 5 rings (SSSR count). The van der Waals surface area contributed by atoms with Gasteiger partial charge in [0, 0.05) is 36.9 Å². The average molecular weight is 643 g/mol. The molecule has 1 aliphatic carbocycles. The van der Waals surface area contributed by atoms with Crippen LogP contribution in [0.4, 0.5) is 11.4 Å². The first-order valence-corrected chi connectivity index (χ1v) is 17.0. The van der Waals surface area contributed by atoms with Crippen molar-refractivity contribution in [2.75, 3.05) is 23.9 Å². The predicted octanol–water partition coefficient (Wildman–Crippen LogP) is 12.9. The van der Waals surface area contributed by atoms with Crippen LogP contribution in [0.25, 0.3) is 22.3 Å². The average Bonchev–Trinajstić information content (AvgIpc) is 3.13. The van der Waals surface area contributed by atoms with Crippen LogP contribution in [0.2, 0.25) is 0 Å². The number of rotatable bonds is 12. The minimum atomic E-state index is 0.899. The molecule has 0 saturated carbocycles. The van der Waals surface area contributed by atoms with Crippen LogP contribution < -0.4 is 9.80 Å². The van der Waals surface area contributed by atoms with Crippen molar-refractivity contribution >= 4 is 11.4 Å². The van der Waals surface area contributed by atoms with Gasteiger partial charge in [-0.2, -0.15) is 0 Å². The fourth-order valence-electron chi connectivity index (χ4n) is 5.58. The van der Waals surface area contributed by atoms with Crippen molar-refractivity contribution in [2.45, 2.75) is 33.1 Å². The third kappa shape index (κ3) is 11.6. The largest absolute Gasteiger partial charge is 0.378 e. The third-order valence-electron chi connectivity index (χ3n) is 8.16. The topological polar surface area (TPSA) is 6.48 Å². The van der Waals surface area contributed by atoms with Gasteiger partial charge in [0.2, 0.25) is 0 Å². The summed E-state index contributed by atoms with van der Waals surface area (Å²) in [5, 5.41) is 0.